The van der Waals surface area contributed by atoms with Crippen molar-refractivity contribution < 1.29 is 4.79 Å². The van der Waals surface area contributed by atoms with Crippen molar-refractivity contribution in [3.63, 3.8) is 0 Å². The van der Waals surface area contributed by atoms with Gasteiger partial charge in [0.2, 0.25) is 5.91 Å². The Morgan fingerprint density at radius 1 is 1.25 bits per heavy atom. The number of carbonyl (C=O) groups excluding carboxylic acids is 1. The summed E-state index contributed by atoms with van der Waals surface area (Å²) in [7, 11) is 5.38. The fraction of sp³-hybridized carbons (Fsp3) is 0.350. The second-order valence-corrected chi connectivity index (χ2v) is 6.72. The van der Waals surface area contributed by atoms with E-state index in [0.29, 0.717) is 19.0 Å². The van der Waals surface area contributed by atoms with E-state index < -0.39 is 0 Å². The zero-order valence-corrected chi connectivity index (χ0v) is 19.3. The first kappa shape index (κ1) is 23.7. The van der Waals surface area contributed by atoms with Crippen LogP contribution in [0.4, 0.5) is 0 Å². The lowest BCUT2D eigenvalue weighted by Crippen LogP contribution is -2.40. The molecule has 28 heavy (non-hydrogen) atoms. The van der Waals surface area contributed by atoms with E-state index >= 15 is 0 Å². The normalized spacial score (nSPS) is 10.8. The van der Waals surface area contributed by atoms with Crippen LogP contribution >= 0.6 is 24.0 Å². The summed E-state index contributed by atoms with van der Waals surface area (Å²) in [4.78, 5) is 19.8. The van der Waals surface area contributed by atoms with Gasteiger partial charge in [0.1, 0.15) is 6.54 Å². The quantitative estimate of drug-likeness (QED) is 0.277. The molecule has 7 nitrogen and oxygen atoms in total. The summed E-state index contributed by atoms with van der Waals surface area (Å²) >= 11 is 0. The minimum atomic E-state index is -0.0464. The van der Waals surface area contributed by atoms with Crippen LogP contribution in [0.25, 0.3) is 5.69 Å². The Bertz CT molecular complexity index is 800. The predicted octanol–water partition coefficient (Wildman–Crippen LogP) is 2.53. The number of aliphatic imine (C=N–C) groups is 1. The zero-order valence-electron chi connectivity index (χ0n) is 16.9. The Labute approximate surface area is 184 Å². The number of hydrogen-bond acceptors (Lipinski definition) is 3. The molecule has 2 aromatic rings. The third-order valence-corrected chi connectivity index (χ3v) is 3.85. The van der Waals surface area contributed by atoms with E-state index in [1.165, 1.54) is 4.90 Å². The van der Waals surface area contributed by atoms with Gasteiger partial charge in [0.25, 0.3) is 0 Å². The van der Waals surface area contributed by atoms with Crippen LogP contribution in [0.2, 0.25) is 0 Å². The molecule has 0 bridgehead atoms. The predicted molar refractivity (Wildman–Crippen MR) is 124 cm³/mol. The molecule has 0 aliphatic rings. The standard InChI is InChI=1S/C20H28N6O.HI/c1-16(2)11-21-20(22-13-19(27)24(3)4)25(5)14-17-12-23-26(15-17)18-9-7-6-8-10-18;/h6-10,12,15H,1,11,13-14H2,2-5H3,(H,21,22);1H. The van der Waals surface area contributed by atoms with Gasteiger partial charge in [0.15, 0.2) is 5.96 Å². The molecule has 1 aromatic heterocycles. The maximum absolute atomic E-state index is 11.9. The summed E-state index contributed by atoms with van der Waals surface area (Å²) in [5, 5.41) is 7.68. The van der Waals surface area contributed by atoms with Gasteiger partial charge in [-0.15, -0.1) is 24.0 Å². The van der Waals surface area contributed by atoms with Gasteiger partial charge in [-0.1, -0.05) is 30.4 Å². The Morgan fingerprint density at radius 3 is 2.54 bits per heavy atom. The molecule has 0 atom stereocenters. The molecule has 0 aliphatic heterocycles. The molecular weight excluding hydrogens is 467 g/mol. The van der Waals surface area contributed by atoms with Crippen molar-refractivity contribution in [2.75, 3.05) is 34.2 Å². The first-order valence-corrected chi connectivity index (χ1v) is 8.79. The van der Waals surface area contributed by atoms with Crippen LogP contribution in [0.15, 0.2) is 59.9 Å². The largest absolute Gasteiger partial charge is 0.353 e. The maximum atomic E-state index is 11.9. The molecule has 0 radical (unpaired) electrons. The number of rotatable bonds is 7. The van der Waals surface area contributed by atoms with Crippen LogP contribution in [-0.4, -0.2) is 65.7 Å². The average molecular weight is 496 g/mol. The summed E-state index contributed by atoms with van der Waals surface area (Å²) in [5.41, 5.74) is 3.05. The molecule has 1 aromatic carbocycles. The molecule has 0 aliphatic carbocycles. The van der Waals surface area contributed by atoms with Gasteiger partial charge in [-0.05, 0) is 19.1 Å². The van der Waals surface area contributed by atoms with Crippen LogP contribution in [0.3, 0.4) is 0 Å². The fourth-order valence-electron chi connectivity index (χ4n) is 2.34. The van der Waals surface area contributed by atoms with Gasteiger partial charge >= 0.3 is 0 Å². The van der Waals surface area contributed by atoms with E-state index in [1.54, 1.807) is 14.1 Å². The molecule has 1 heterocycles. The van der Waals surface area contributed by atoms with Crippen LogP contribution in [0, 0.1) is 0 Å². The van der Waals surface area contributed by atoms with Gasteiger partial charge < -0.3 is 15.1 Å². The first-order valence-electron chi connectivity index (χ1n) is 8.79. The number of carbonyl (C=O) groups is 1. The van der Waals surface area contributed by atoms with Crippen LogP contribution in [0.5, 0.6) is 0 Å². The number of amides is 1. The monoisotopic (exact) mass is 496 g/mol. The maximum Gasteiger partial charge on any atom is 0.243 e. The molecule has 0 unspecified atom stereocenters. The number of aromatic nitrogens is 2. The first-order chi connectivity index (χ1) is 12.9. The summed E-state index contributed by atoms with van der Waals surface area (Å²) < 4.78 is 1.84. The van der Waals surface area contributed by atoms with Crippen LogP contribution < -0.4 is 5.32 Å². The molecule has 0 saturated carbocycles. The SMILES string of the molecule is C=C(C)CNC(=NCC(=O)N(C)C)N(C)Cc1cnn(-c2ccccc2)c1.I. The second-order valence-electron chi connectivity index (χ2n) is 6.72. The number of hydrogen-bond donors (Lipinski definition) is 1. The molecule has 0 saturated heterocycles. The smallest absolute Gasteiger partial charge is 0.243 e. The Kier molecular flexibility index (Phi) is 9.70. The third-order valence-electron chi connectivity index (χ3n) is 3.85. The van der Waals surface area contributed by atoms with Gasteiger partial charge in [0, 0.05) is 46.0 Å². The van der Waals surface area contributed by atoms with Crippen molar-refractivity contribution in [3.8, 4) is 5.69 Å². The van der Waals surface area contributed by atoms with Crippen molar-refractivity contribution in [2.45, 2.75) is 13.5 Å². The van der Waals surface area contributed by atoms with E-state index in [4.69, 9.17) is 0 Å². The molecule has 0 spiro atoms. The van der Waals surface area contributed by atoms with Crippen molar-refractivity contribution >= 4 is 35.8 Å². The number of nitrogens with zero attached hydrogens (tertiary/aromatic N) is 5. The van der Waals surface area contributed by atoms with E-state index in [2.05, 4.69) is 22.0 Å². The number of para-hydroxylation sites is 1. The molecule has 8 heteroatoms. The van der Waals surface area contributed by atoms with Gasteiger partial charge in [-0.2, -0.15) is 5.10 Å². The number of halogens is 1. The Balaban J connectivity index is 0.00000392. The molecule has 1 amide bonds. The lowest BCUT2D eigenvalue weighted by molar-refractivity contribution is -0.127. The number of guanidine groups is 1. The summed E-state index contributed by atoms with van der Waals surface area (Å²) in [6.07, 6.45) is 3.83. The summed E-state index contributed by atoms with van der Waals surface area (Å²) in [5.74, 6) is 0.607. The minimum Gasteiger partial charge on any atom is -0.353 e. The van der Waals surface area contributed by atoms with Crippen LogP contribution in [-0.2, 0) is 11.3 Å². The molecule has 1 N–H and O–H groups in total. The third kappa shape index (κ3) is 7.34. The Hall–Kier alpha value is -2.36. The van der Waals surface area contributed by atoms with Crippen molar-refractivity contribution in [1.29, 1.82) is 0 Å². The molecule has 2 rings (SSSR count). The van der Waals surface area contributed by atoms with Gasteiger partial charge in [0.05, 0.1) is 11.9 Å². The molecule has 0 fully saturated rings. The van der Waals surface area contributed by atoms with Crippen molar-refractivity contribution in [2.24, 2.45) is 4.99 Å². The number of benzene rings is 1. The lowest BCUT2D eigenvalue weighted by Gasteiger charge is -2.22. The second kappa shape index (κ2) is 11.5. The van der Waals surface area contributed by atoms with Crippen molar-refractivity contribution in [1.82, 2.24) is 24.9 Å². The Morgan fingerprint density at radius 2 is 1.93 bits per heavy atom. The fourth-order valence-corrected chi connectivity index (χ4v) is 2.34. The minimum absolute atomic E-state index is 0. The van der Waals surface area contributed by atoms with E-state index in [-0.39, 0.29) is 36.4 Å². The highest BCUT2D eigenvalue weighted by molar-refractivity contribution is 14.0. The van der Waals surface area contributed by atoms with E-state index in [1.807, 2.05) is 66.3 Å². The summed E-state index contributed by atoms with van der Waals surface area (Å²) in [6.45, 7) is 7.16. The van der Waals surface area contributed by atoms with Crippen LogP contribution in [0.1, 0.15) is 12.5 Å². The topological polar surface area (TPSA) is 65.8 Å². The molecular formula is C20H29IN6O. The lowest BCUT2D eigenvalue weighted by atomic mass is 10.3. The average Bonchev–Trinajstić information content (AvgIpc) is 3.10. The highest BCUT2D eigenvalue weighted by atomic mass is 127. The molecule has 152 valence electrons. The van der Waals surface area contributed by atoms with E-state index in [9.17, 15) is 4.79 Å². The number of likely N-dealkylation sites (N-methyl/N-ethyl adjacent to an activating group) is 1. The summed E-state index contributed by atoms with van der Waals surface area (Å²) in [6, 6.07) is 9.96. The zero-order chi connectivity index (χ0) is 19.8. The van der Waals surface area contributed by atoms with Gasteiger partial charge in [-0.25, -0.2) is 9.67 Å². The number of nitrogens with one attached hydrogen (secondary N) is 1. The van der Waals surface area contributed by atoms with E-state index in [0.717, 1.165) is 16.8 Å². The van der Waals surface area contributed by atoms with Crippen molar-refractivity contribution in [3.05, 3.63) is 60.4 Å². The highest BCUT2D eigenvalue weighted by Gasteiger charge is 2.11. The van der Waals surface area contributed by atoms with Gasteiger partial charge in [-0.3, -0.25) is 4.79 Å². The highest BCUT2D eigenvalue weighted by Crippen LogP contribution is 2.09.